The number of aliphatic carboxylic acids is 1. The summed E-state index contributed by atoms with van der Waals surface area (Å²) in [6, 6.07) is -0.509. The lowest BCUT2D eigenvalue weighted by molar-refractivity contribution is -0.139. The molecule has 1 saturated heterocycles. The maximum absolute atomic E-state index is 10.6. The quantitative estimate of drug-likeness (QED) is 0.664. The molecule has 1 unspecified atom stereocenters. The lowest BCUT2D eigenvalue weighted by Crippen LogP contribution is -2.48. The van der Waals surface area contributed by atoms with Gasteiger partial charge in [-0.1, -0.05) is 6.92 Å². The van der Waals surface area contributed by atoms with Crippen LogP contribution in [0.4, 0.5) is 0 Å². The largest absolute Gasteiger partial charge is 0.480 e. The molecule has 88 valence electrons. The van der Waals surface area contributed by atoms with Crippen LogP contribution in [0.25, 0.3) is 0 Å². The van der Waals surface area contributed by atoms with Gasteiger partial charge in [-0.15, -0.1) is 0 Å². The Morgan fingerprint density at radius 2 is 2.47 bits per heavy atom. The van der Waals surface area contributed by atoms with Crippen LogP contribution in [0.15, 0.2) is 0 Å². The van der Waals surface area contributed by atoms with Crippen LogP contribution in [-0.2, 0) is 9.53 Å². The average Bonchev–Trinajstić information content (AvgIpc) is 2.26. The molecule has 0 aliphatic carbocycles. The molecule has 2 atom stereocenters. The molecule has 5 heteroatoms. The molecule has 0 bridgehead atoms. The van der Waals surface area contributed by atoms with Crippen molar-refractivity contribution in [3.8, 4) is 0 Å². The fraction of sp³-hybridized carbons (Fsp3) is 0.900. The molecule has 0 aromatic heterocycles. The minimum atomic E-state index is -0.821. The summed E-state index contributed by atoms with van der Waals surface area (Å²) in [6.45, 7) is 7.98. The van der Waals surface area contributed by atoms with Crippen molar-refractivity contribution in [3.63, 3.8) is 0 Å². The lowest BCUT2D eigenvalue weighted by Gasteiger charge is -2.32. The molecule has 0 saturated carbocycles. The molecule has 1 rings (SSSR count). The molecule has 1 fully saturated rings. The van der Waals surface area contributed by atoms with E-state index in [9.17, 15) is 4.79 Å². The van der Waals surface area contributed by atoms with Gasteiger partial charge in [-0.2, -0.15) is 0 Å². The molecule has 0 spiro atoms. The predicted molar refractivity (Wildman–Crippen MR) is 57.0 cm³/mol. The molecule has 15 heavy (non-hydrogen) atoms. The highest BCUT2D eigenvalue weighted by molar-refractivity contribution is 5.72. The van der Waals surface area contributed by atoms with E-state index >= 15 is 0 Å². The van der Waals surface area contributed by atoms with Crippen LogP contribution in [0, 0.1) is 0 Å². The smallest absolute Gasteiger partial charge is 0.320 e. The number of morpholine rings is 1. The molecule has 0 radical (unpaired) electrons. The summed E-state index contributed by atoms with van der Waals surface area (Å²) >= 11 is 0. The maximum Gasteiger partial charge on any atom is 0.320 e. The number of rotatable bonds is 5. The molecular weight excluding hydrogens is 196 g/mol. The van der Waals surface area contributed by atoms with E-state index in [0.717, 1.165) is 26.2 Å². The SMILES string of the molecule is CCN1CCOC(CN[C@H](C)C(=O)O)C1. The Labute approximate surface area is 90.4 Å². The van der Waals surface area contributed by atoms with Gasteiger partial charge in [-0.25, -0.2) is 0 Å². The first-order chi connectivity index (χ1) is 7.13. The summed E-state index contributed by atoms with van der Waals surface area (Å²) in [4.78, 5) is 12.9. The van der Waals surface area contributed by atoms with E-state index in [0.29, 0.717) is 6.54 Å². The molecule has 0 aromatic carbocycles. The maximum atomic E-state index is 10.6. The Morgan fingerprint density at radius 1 is 1.73 bits per heavy atom. The Bertz CT molecular complexity index is 211. The Hall–Kier alpha value is -0.650. The van der Waals surface area contributed by atoms with E-state index in [1.807, 2.05) is 0 Å². The number of carboxylic acid groups (broad SMARTS) is 1. The van der Waals surface area contributed by atoms with Crippen molar-refractivity contribution in [2.45, 2.75) is 26.0 Å². The number of carbonyl (C=O) groups is 1. The van der Waals surface area contributed by atoms with Gasteiger partial charge in [0.1, 0.15) is 6.04 Å². The van der Waals surface area contributed by atoms with Crippen LogP contribution in [-0.4, -0.2) is 60.9 Å². The second kappa shape index (κ2) is 6.05. The first-order valence-corrected chi connectivity index (χ1v) is 5.43. The highest BCUT2D eigenvalue weighted by atomic mass is 16.5. The van der Waals surface area contributed by atoms with Gasteiger partial charge in [0.25, 0.3) is 0 Å². The minimum Gasteiger partial charge on any atom is -0.480 e. The van der Waals surface area contributed by atoms with Crippen LogP contribution >= 0.6 is 0 Å². The zero-order valence-corrected chi connectivity index (χ0v) is 9.40. The zero-order chi connectivity index (χ0) is 11.3. The monoisotopic (exact) mass is 216 g/mol. The van der Waals surface area contributed by atoms with Crippen molar-refractivity contribution in [2.75, 3.05) is 32.8 Å². The second-order valence-electron chi connectivity index (χ2n) is 3.85. The van der Waals surface area contributed by atoms with E-state index < -0.39 is 12.0 Å². The van der Waals surface area contributed by atoms with Crippen LogP contribution in [0.3, 0.4) is 0 Å². The standard InChI is InChI=1S/C10H20N2O3/c1-3-12-4-5-15-9(7-12)6-11-8(2)10(13)14/h8-9,11H,3-7H2,1-2H3,(H,13,14)/t8-,9?/m1/s1. The van der Waals surface area contributed by atoms with Crippen molar-refractivity contribution in [1.29, 1.82) is 0 Å². The number of nitrogens with zero attached hydrogens (tertiary/aromatic N) is 1. The Morgan fingerprint density at radius 3 is 3.07 bits per heavy atom. The van der Waals surface area contributed by atoms with Gasteiger partial charge in [-0.05, 0) is 13.5 Å². The average molecular weight is 216 g/mol. The number of nitrogens with one attached hydrogen (secondary N) is 1. The number of carboxylic acids is 1. The summed E-state index contributed by atoms with van der Waals surface area (Å²) in [5.74, 6) is -0.821. The van der Waals surface area contributed by atoms with Gasteiger partial charge in [0, 0.05) is 19.6 Å². The topological polar surface area (TPSA) is 61.8 Å². The Balaban J connectivity index is 2.23. The van der Waals surface area contributed by atoms with E-state index in [-0.39, 0.29) is 6.10 Å². The first-order valence-electron chi connectivity index (χ1n) is 5.43. The predicted octanol–water partition coefficient (Wildman–Crippen LogP) is -0.230. The molecule has 0 amide bonds. The van der Waals surface area contributed by atoms with Crippen molar-refractivity contribution < 1.29 is 14.6 Å². The van der Waals surface area contributed by atoms with Gasteiger partial charge >= 0.3 is 5.97 Å². The molecule has 2 N–H and O–H groups in total. The third kappa shape index (κ3) is 4.15. The van der Waals surface area contributed by atoms with Crippen molar-refractivity contribution in [2.24, 2.45) is 0 Å². The normalized spacial score (nSPS) is 25.1. The first kappa shape index (κ1) is 12.4. The van der Waals surface area contributed by atoms with Gasteiger partial charge in [0.05, 0.1) is 12.7 Å². The van der Waals surface area contributed by atoms with Gasteiger partial charge in [0.2, 0.25) is 0 Å². The fourth-order valence-electron chi connectivity index (χ4n) is 1.59. The minimum absolute atomic E-state index is 0.112. The third-order valence-electron chi connectivity index (χ3n) is 2.69. The van der Waals surface area contributed by atoms with Crippen molar-refractivity contribution in [3.05, 3.63) is 0 Å². The second-order valence-corrected chi connectivity index (χ2v) is 3.85. The lowest BCUT2D eigenvalue weighted by atomic mass is 10.2. The van der Waals surface area contributed by atoms with Crippen molar-refractivity contribution in [1.82, 2.24) is 10.2 Å². The van der Waals surface area contributed by atoms with E-state index in [1.165, 1.54) is 0 Å². The number of ether oxygens (including phenoxy) is 1. The fourth-order valence-corrected chi connectivity index (χ4v) is 1.59. The van der Waals surface area contributed by atoms with Gasteiger partial charge in [-0.3, -0.25) is 9.69 Å². The molecule has 1 aliphatic heterocycles. The molecule has 1 aliphatic rings. The van der Waals surface area contributed by atoms with E-state index in [4.69, 9.17) is 9.84 Å². The summed E-state index contributed by atoms with van der Waals surface area (Å²) < 4.78 is 5.54. The molecule has 5 nitrogen and oxygen atoms in total. The highest BCUT2D eigenvalue weighted by Gasteiger charge is 2.20. The summed E-state index contributed by atoms with van der Waals surface area (Å²) in [7, 11) is 0. The van der Waals surface area contributed by atoms with Crippen LogP contribution in [0.2, 0.25) is 0 Å². The van der Waals surface area contributed by atoms with Crippen molar-refractivity contribution >= 4 is 5.97 Å². The van der Waals surface area contributed by atoms with E-state index in [2.05, 4.69) is 17.1 Å². The highest BCUT2D eigenvalue weighted by Crippen LogP contribution is 2.03. The van der Waals surface area contributed by atoms with Crippen LogP contribution in [0.5, 0.6) is 0 Å². The zero-order valence-electron chi connectivity index (χ0n) is 9.40. The van der Waals surface area contributed by atoms with E-state index in [1.54, 1.807) is 6.92 Å². The Kier molecular flexibility index (Phi) is 5.01. The molecular formula is C10H20N2O3. The summed E-state index contributed by atoms with van der Waals surface area (Å²) in [5, 5.41) is 11.6. The number of hydrogen-bond donors (Lipinski definition) is 2. The number of hydrogen-bond acceptors (Lipinski definition) is 4. The van der Waals surface area contributed by atoms with Gasteiger partial charge in [0.15, 0.2) is 0 Å². The summed E-state index contributed by atoms with van der Waals surface area (Å²) in [5.41, 5.74) is 0. The van der Waals surface area contributed by atoms with Crippen LogP contribution < -0.4 is 5.32 Å². The molecule has 1 heterocycles. The summed E-state index contributed by atoms with van der Waals surface area (Å²) in [6.07, 6.45) is 0.112. The van der Waals surface area contributed by atoms with Crippen LogP contribution in [0.1, 0.15) is 13.8 Å². The van der Waals surface area contributed by atoms with Gasteiger partial charge < -0.3 is 15.2 Å². The number of likely N-dealkylation sites (N-methyl/N-ethyl adjacent to an activating group) is 1. The molecule has 0 aromatic rings. The third-order valence-corrected chi connectivity index (χ3v) is 2.69.